The van der Waals surface area contributed by atoms with Gasteiger partial charge in [0.2, 0.25) is 11.2 Å². The van der Waals surface area contributed by atoms with E-state index in [1.54, 1.807) is 7.11 Å². The molecule has 0 bridgehead atoms. The highest BCUT2D eigenvalue weighted by Crippen LogP contribution is 2.32. The molecule has 0 aliphatic heterocycles. The first-order valence-electron chi connectivity index (χ1n) is 10.0. The Hall–Kier alpha value is -3.53. The normalized spacial score (nSPS) is 10.9. The predicted octanol–water partition coefficient (Wildman–Crippen LogP) is 5.92. The van der Waals surface area contributed by atoms with E-state index in [-0.39, 0.29) is 17.8 Å². The largest absolute Gasteiger partial charge is 0.497 e. The molecule has 0 spiro atoms. The van der Waals surface area contributed by atoms with Crippen molar-refractivity contribution in [2.24, 2.45) is 0 Å². The molecule has 4 heteroatoms. The number of ether oxygens (including phenoxy) is 2. The van der Waals surface area contributed by atoms with E-state index in [1.165, 1.54) is 0 Å². The zero-order valence-electron chi connectivity index (χ0n) is 17.4. The van der Waals surface area contributed by atoms with E-state index in [4.69, 9.17) is 13.9 Å². The molecule has 0 amide bonds. The van der Waals surface area contributed by atoms with Crippen molar-refractivity contribution in [3.63, 3.8) is 0 Å². The number of hydrogen-bond donors (Lipinski definition) is 0. The van der Waals surface area contributed by atoms with Gasteiger partial charge in [-0.25, -0.2) is 0 Å². The summed E-state index contributed by atoms with van der Waals surface area (Å²) in [4.78, 5) is 13.4. The van der Waals surface area contributed by atoms with Crippen molar-refractivity contribution in [1.29, 1.82) is 0 Å². The van der Waals surface area contributed by atoms with Crippen LogP contribution in [0.1, 0.15) is 23.6 Å². The highest BCUT2D eigenvalue weighted by Gasteiger charge is 2.18. The summed E-state index contributed by atoms with van der Waals surface area (Å²) in [7, 11) is 1.62. The molecule has 0 radical (unpaired) electrons. The Morgan fingerprint density at radius 1 is 0.933 bits per heavy atom. The molecule has 0 fully saturated rings. The van der Waals surface area contributed by atoms with Gasteiger partial charge >= 0.3 is 0 Å². The summed E-state index contributed by atoms with van der Waals surface area (Å²) in [5.74, 6) is 1.38. The molecule has 4 aromatic rings. The van der Waals surface area contributed by atoms with Gasteiger partial charge in [-0.3, -0.25) is 4.79 Å². The zero-order chi connectivity index (χ0) is 21.1. The van der Waals surface area contributed by atoms with Crippen molar-refractivity contribution in [3.05, 3.63) is 93.6 Å². The molecule has 152 valence electrons. The van der Waals surface area contributed by atoms with E-state index in [0.717, 1.165) is 34.4 Å². The molecule has 1 aromatic heterocycles. The molecule has 0 atom stereocenters. The van der Waals surface area contributed by atoms with Crippen LogP contribution in [0.3, 0.4) is 0 Å². The van der Waals surface area contributed by atoms with Crippen LogP contribution < -0.4 is 14.9 Å². The van der Waals surface area contributed by atoms with Crippen LogP contribution in [0.4, 0.5) is 0 Å². The van der Waals surface area contributed by atoms with E-state index >= 15 is 0 Å². The fraction of sp³-hybridized carbons (Fsp3) is 0.192. The van der Waals surface area contributed by atoms with Crippen molar-refractivity contribution in [1.82, 2.24) is 0 Å². The van der Waals surface area contributed by atoms with Gasteiger partial charge in [-0.1, -0.05) is 42.8 Å². The number of benzene rings is 3. The summed E-state index contributed by atoms with van der Waals surface area (Å²) >= 11 is 0. The Bertz CT molecular complexity index is 1240. The predicted molar refractivity (Wildman–Crippen MR) is 119 cm³/mol. The van der Waals surface area contributed by atoms with Crippen molar-refractivity contribution in [3.8, 4) is 22.8 Å². The van der Waals surface area contributed by atoms with Gasteiger partial charge in [-0.15, -0.1) is 0 Å². The van der Waals surface area contributed by atoms with Crippen LogP contribution in [-0.4, -0.2) is 7.11 Å². The molecule has 0 saturated carbocycles. The lowest BCUT2D eigenvalue weighted by molar-refractivity contribution is 0.298. The third-order valence-electron chi connectivity index (χ3n) is 5.14. The molecule has 3 aromatic carbocycles. The first-order valence-corrected chi connectivity index (χ1v) is 10.0. The fourth-order valence-electron chi connectivity index (χ4n) is 3.47. The maximum atomic E-state index is 13.4. The van der Waals surface area contributed by atoms with Gasteiger partial charge in [-0.2, -0.15) is 0 Å². The summed E-state index contributed by atoms with van der Waals surface area (Å²) in [6, 6.07) is 21.2. The lowest BCUT2D eigenvalue weighted by Crippen LogP contribution is -2.10. The lowest BCUT2D eigenvalue weighted by atomic mass is 10.1. The van der Waals surface area contributed by atoms with E-state index in [0.29, 0.717) is 16.7 Å². The molecule has 0 N–H and O–H groups in total. The second kappa shape index (κ2) is 8.46. The minimum atomic E-state index is -0.162. The Kier molecular flexibility index (Phi) is 5.57. The summed E-state index contributed by atoms with van der Waals surface area (Å²) in [6.45, 7) is 4.38. The van der Waals surface area contributed by atoms with Crippen LogP contribution in [0.15, 0.2) is 75.9 Å². The molecular formula is C26H24O4. The second-order valence-electron chi connectivity index (χ2n) is 7.28. The summed E-state index contributed by atoms with van der Waals surface area (Å²) in [6.07, 6.45) is 0.842. The van der Waals surface area contributed by atoms with Crippen molar-refractivity contribution < 1.29 is 13.9 Å². The monoisotopic (exact) mass is 400 g/mol. The molecule has 0 saturated heterocycles. The van der Waals surface area contributed by atoms with E-state index < -0.39 is 0 Å². The van der Waals surface area contributed by atoms with E-state index in [1.807, 2.05) is 73.7 Å². The molecule has 1 heterocycles. The molecule has 0 unspecified atom stereocenters. The van der Waals surface area contributed by atoms with Crippen molar-refractivity contribution in [2.75, 3.05) is 7.11 Å². The van der Waals surface area contributed by atoms with Gasteiger partial charge in [0.25, 0.3) is 0 Å². The summed E-state index contributed by atoms with van der Waals surface area (Å²) < 4.78 is 17.5. The number of methoxy groups -OCH3 is 1. The highest BCUT2D eigenvalue weighted by atomic mass is 16.5. The average molecular weight is 400 g/mol. The van der Waals surface area contributed by atoms with Gasteiger partial charge in [0, 0.05) is 5.56 Å². The SMILES string of the molecule is CCc1ccc2oc(-c3ccc(OC)cc3)c(OCc3cccc(C)c3)c(=O)c2c1. The molecule has 0 aliphatic rings. The smallest absolute Gasteiger partial charge is 0.235 e. The molecule has 0 aliphatic carbocycles. The van der Waals surface area contributed by atoms with E-state index in [9.17, 15) is 4.79 Å². The quantitative estimate of drug-likeness (QED) is 0.403. The second-order valence-corrected chi connectivity index (χ2v) is 7.28. The average Bonchev–Trinajstić information content (AvgIpc) is 2.78. The van der Waals surface area contributed by atoms with Gasteiger partial charge < -0.3 is 13.9 Å². The van der Waals surface area contributed by atoms with Crippen LogP contribution in [-0.2, 0) is 13.0 Å². The Morgan fingerprint density at radius 2 is 1.73 bits per heavy atom. The van der Waals surface area contributed by atoms with Crippen LogP contribution in [0.5, 0.6) is 11.5 Å². The number of hydrogen-bond acceptors (Lipinski definition) is 4. The van der Waals surface area contributed by atoms with Gasteiger partial charge in [-0.05, 0) is 60.9 Å². The first kappa shape index (κ1) is 19.8. The minimum absolute atomic E-state index is 0.162. The highest BCUT2D eigenvalue weighted by molar-refractivity contribution is 5.82. The van der Waals surface area contributed by atoms with Gasteiger partial charge in [0.1, 0.15) is 17.9 Å². The maximum Gasteiger partial charge on any atom is 0.235 e. The third kappa shape index (κ3) is 3.94. The first-order chi connectivity index (χ1) is 14.6. The van der Waals surface area contributed by atoms with Crippen molar-refractivity contribution in [2.45, 2.75) is 26.9 Å². The number of aryl methyl sites for hydroxylation is 2. The maximum absolute atomic E-state index is 13.4. The molecule has 30 heavy (non-hydrogen) atoms. The molecular weight excluding hydrogens is 376 g/mol. The van der Waals surface area contributed by atoms with Gasteiger partial charge in [0.05, 0.1) is 12.5 Å². The fourth-order valence-corrected chi connectivity index (χ4v) is 3.47. The molecule has 4 nitrogen and oxygen atoms in total. The third-order valence-corrected chi connectivity index (χ3v) is 5.14. The number of fused-ring (bicyclic) bond motifs is 1. The Labute approximate surface area is 175 Å². The van der Waals surface area contributed by atoms with Crippen LogP contribution >= 0.6 is 0 Å². The zero-order valence-corrected chi connectivity index (χ0v) is 17.4. The minimum Gasteiger partial charge on any atom is -0.497 e. The summed E-state index contributed by atoms with van der Waals surface area (Å²) in [5.41, 5.74) is 4.36. The van der Waals surface area contributed by atoms with E-state index in [2.05, 4.69) is 6.92 Å². The topological polar surface area (TPSA) is 48.7 Å². The lowest BCUT2D eigenvalue weighted by Gasteiger charge is -2.13. The Balaban J connectivity index is 1.84. The van der Waals surface area contributed by atoms with Crippen molar-refractivity contribution >= 4 is 11.0 Å². The summed E-state index contributed by atoms with van der Waals surface area (Å²) in [5, 5.41) is 0.533. The standard InChI is InChI=1S/C26H24O4/c1-4-18-8-13-23-22(15-18)24(27)26(29-16-19-7-5-6-17(2)14-19)25(30-23)20-9-11-21(28-3)12-10-20/h5-15H,4,16H2,1-3H3. The number of rotatable bonds is 6. The van der Waals surface area contributed by atoms with Gasteiger partial charge in [0.15, 0.2) is 5.76 Å². The van der Waals surface area contributed by atoms with Crippen LogP contribution in [0.2, 0.25) is 0 Å². The van der Waals surface area contributed by atoms with Crippen LogP contribution in [0.25, 0.3) is 22.3 Å². The Morgan fingerprint density at radius 3 is 2.43 bits per heavy atom. The molecule has 4 rings (SSSR count). The van der Waals surface area contributed by atoms with Crippen LogP contribution in [0, 0.1) is 6.92 Å².